The summed E-state index contributed by atoms with van der Waals surface area (Å²) >= 11 is 0. The van der Waals surface area contributed by atoms with E-state index in [0.29, 0.717) is 19.7 Å². The third-order valence-electron chi connectivity index (χ3n) is 3.32. The van der Waals surface area contributed by atoms with Crippen LogP contribution in [0.3, 0.4) is 0 Å². The summed E-state index contributed by atoms with van der Waals surface area (Å²) in [6.45, 7) is 5.31. The smallest absolute Gasteiger partial charge is 0.234 e. The van der Waals surface area contributed by atoms with Crippen LogP contribution < -0.4 is 10.1 Å². The molecule has 5 heteroatoms. The zero-order valence-electron chi connectivity index (χ0n) is 12.1. The van der Waals surface area contributed by atoms with Gasteiger partial charge in [-0.3, -0.25) is 9.69 Å². The number of benzene rings is 1. The standard InChI is InChI=1S/C15H22N2O3/c1-12-10-17(6-7-20-12)11-15(18)16-9-13-4-3-5-14(8-13)19-2/h3-5,8,12H,6-7,9-11H2,1-2H3,(H,16,18)/t12-/m0/s1. The quantitative estimate of drug-likeness (QED) is 0.874. The Morgan fingerprint density at radius 1 is 1.55 bits per heavy atom. The molecular formula is C15H22N2O3. The van der Waals surface area contributed by atoms with Crippen LogP contribution in [-0.2, 0) is 16.1 Å². The van der Waals surface area contributed by atoms with E-state index < -0.39 is 0 Å². The second kappa shape index (κ2) is 7.26. The minimum Gasteiger partial charge on any atom is -0.497 e. The van der Waals surface area contributed by atoms with Crippen LogP contribution in [0.2, 0.25) is 0 Å². The summed E-state index contributed by atoms with van der Waals surface area (Å²) < 4.78 is 10.6. The van der Waals surface area contributed by atoms with Crippen molar-refractivity contribution in [1.82, 2.24) is 10.2 Å². The lowest BCUT2D eigenvalue weighted by Gasteiger charge is -2.30. The van der Waals surface area contributed by atoms with E-state index in [4.69, 9.17) is 9.47 Å². The van der Waals surface area contributed by atoms with Crippen LogP contribution in [-0.4, -0.2) is 50.3 Å². The zero-order valence-corrected chi connectivity index (χ0v) is 12.1. The molecule has 1 aliphatic rings. The summed E-state index contributed by atoms with van der Waals surface area (Å²) in [6, 6.07) is 7.71. The molecule has 0 bridgehead atoms. The maximum Gasteiger partial charge on any atom is 0.234 e. The maximum absolute atomic E-state index is 11.9. The predicted octanol–water partition coefficient (Wildman–Crippen LogP) is 1.03. The molecule has 1 N–H and O–H groups in total. The number of nitrogens with one attached hydrogen (secondary N) is 1. The Morgan fingerprint density at radius 2 is 2.40 bits per heavy atom. The fraction of sp³-hybridized carbons (Fsp3) is 0.533. The Kier molecular flexibility index (Phi) is 5.38. The van der Waals surface area contributed by atoms with E-state index >= 15 is 0 Å². The molecule has 1 atom stereocenters. The van der Waals surface area contributed by atoms with Crippen LogP contribution in [0.25, 0.3) is 0 Å². The summed E-state index contributed by atoms with van der Waals surface area (Å²) in [7, 11) is 1.64. The van der Waals surface area contributed by atoms with Crippen LogP contribution in [0, 0.1) is 0 Å². The van der Waals surface area contributed by atoms with Gasteiger partial charge in [-0.05, 0) is 24.6 Å². The van der Waals surface area contributed by atoms with Gasteiger partial charge in [0, 0.05) is 19.6 Å². The van der Waals surface area contributed by atoms with Gasteiger partial charge in [0.1, 0.15) is 5.75 Å². The molecule has 1 fully saturated rings. The van der Waals surface area contributed by atoms with Crippen molar-refractivity contribution in [2.24, 2.45) is 0 Å². The van der Waals surface area contributed by atoms with Gasteiger partial charge < -0.3 is 14.8 Å². The molecule has 2 rings (SSSR count). The van der Waals surface area contributed by atoms with Crippen molar-refractivity contribution >= 4 is 5.91 Å². The van der Waals surface area contributed by atoms with E-state index in [9.17, 15) is 4.79 Å². The van der Waals surface area contributed by atoms with Gasteiger partial charge in [0.15, 0.2) is 0 Å². The van der Waals surface area contributed by atoms with E-state index in [1.807, 2.05) is 31.2 Å². The second-order valence-electron chi connectivity index (χ2n) is 5.04. The van der Waals surface area contributed by atoms with Gasteiger partial charge in [0.05, 0.1) is 26.4 Å². The SMILES string of the molecule is COc1cccc(CNC(=O)CN2CCO[C@@H](C)C2)c1. The van der Waals surface area contributed by atoms with Gasteiger partial charge in [-0.2, -0.15) is 0 Å². The van der Waals surface area contributed by atoms with Gasteiger partial charge in [-0.25, -0.2) is 0 Å². The van der Waals surface area contributed by atoms with Gasteiger partial charge >= 0.3 is 0 Å². The largest absolute Gasteiger partial charge is 0.497 e. The highest BCUT2D eigenvalue weighted by molar-refractivity contribution is 5.78. The highest BCUT2D eigenvalue weighted by atomic mass is 16.5. The van der Waals surface area contributed by atoms with Gasteiger partial charge in [0.2, 0.25) is 5.91 Å². The number of ether oxygens (including phenoxy) is 2. The molecule has 1 aliphatic heterocycles. The fourth-order valence-electron chi connectivity index (χ4n) is 2.28. The molecule has 0 saturated carbocycles. The number of carbonyl (C=O) groups is 1. The highest BCUT2D eigenvalue weighted by Gasteiger charge is 2.18. The first-order valence-electron chi connectivity index (χ1n) is 6.91. The van der Waals surface area contributed by atoms with Crippen LogP contribution in [0.1, 0.15) is 12.5 Å². The third-order valence-corrected chi connectivity index (χ3v) is 3.32. The molecule has 0 aliphatic carbocycles. The van der Waals surface area contributed by atoms with E-state index in [2.05, 4.69) is 10.2 Å². The Balaban J connectivity index is 1.76. The van der Waals surface area contributed by atoms with Crippen LogP contribution >= 0.6 is 0 Å². The van der Waals surface area contributed by atoms with Gasteiger partial charge in [-0.1, -0.05) is 12.1 Å². The normalized spacial score (nSPS) is 19.6. The van der Waals surface area contributed by atoms with Crippen LogP contribution in [0.4, 0.5) is 0 Å². The fourth-order valence-corrected chi connectivity index (χ4v) is 2.28. The summed E-state index contributed by atoms with van der Waals surface area (Å²) in [5.74, 6) is 0.848. The molecule has 1 aromatic carbocycles. The van der Waals surface area contributed by atoms with E-state index in [1.165, 1.54) is 0 Å². The molecule has 0 unspecified atom stereocenters. The van der Waals surface area contributed by atoms with Crippen molar-refractivity contribution in [3.05, 3.63) is 29.8 Å². The maximum atomic E-state index is 11.9. The predicted molar refractivity (Wildman–Crippen MR) is 76.7 cm³/mol. The Hall–Kier alpha value is -1.59. The molecule has 20 heavy (non-hydrogen) atoms. The lowest BCUT2D eigenvalue weighted by atomic mass is 10.2. The summed E-state index contributed by atoms with van der Waals surface area (Å²) in [4.78, 5) is 14.0. The topological polar surface area (TPSA) is 50.8 Å². The van der Waals surface area contributed by atoms with E-state index in [0.717, 1.165) is 24.4 Å². The van der Waals surface area contributed by atoms with E-state index in [-0.39, 0.29) is 12.0 Å². The monoisotopic (exact) mass is 278 g/mol. The molecule has 5 nitrogen and oxygen atoms in total. The molecule has 0 spiro atoms. The molecule has 0 aromatic heterocycles. The van der Waals surface area contributed by atoms with Crippen molar-refractivity contribution in [2.75, 3.05) is 33.4 Å². The molecule has 1 saturated heterocycles. The van der Waals surface area contributed by atoms with Crippen molar-refractivity contribution in [3.8, 4) is 5.75 Å². The average Bonchev–Trinajstić information content (AvgIpc) is 2.45. The van der Waals surface area contributed by atoms with Crippen molar-refractivity contribution in [2.45, 2.75) is 19.6 Å². The number of amides is 1. The van der Waals surface area contributed by atoms with Crippen molar-refractivity contribution in [3.63, 3.8) is 0 Å². The number of morpholine rings is 1. The van der Waals surface area contributed by atoms with E-state index in [1.54, 1.807) is 7.11 Å². The highest BCUT2D eigenvalue weighted by Crippen LogP contribution is 2.12. The summed E-state index contributed by atoms with van der Waals surface area (Å²) in [5, 5.41) is 2.94. The van der Waals surface area contributed by atoms with Crippen molar-refractivity contribution in [1.29, 1.82) is 0 Å². The zero-order chi connectivity index (χ0) is 14.4. The lowest BCUT2D eigenvalue weighted by Crippen LogP contribution is -2.45. The first-order chi connectivity index (χ1) is 9.67. The lowest BCUT2D eigenvalue weighted by molar-refractivity contribution is -0.124. The first-order valence-corrected chi connectivity index (χ1v) is 6.91. The number of methoxy groups -OCH3 is 1. The molecule has 110 valence electrons. The Labute approximate surface area is 119 Å². The molecule has 1 amide bonds. The van der Waals surface area contributed by atoms with Crippen LogP contribution in [0.5, 0.6) is 5.75 Å². The Bertz CT molecular complexity index is 450. The minimum absolute atomic E-state index is 0.0434. The minimum atomic E-state index is 0.0434. The number of carbonyl (C=O) groups excluding carboxylic acids is 1. The summed E-state index contributed by atoms with van der Waals surface area (Å²) in [5.41, 5.74) is 1.04. The van der Waals surface area contributed by atoms with Crippen LogP contribution in [0.15, 0.2) is 24.3 Å². The Morgan fingerprint density at radius 3 is 3.15 bits per heavy atom. The van der Waals surface area contributed by atoms with Crippen molar-refractivity contribution < 1.29 is 14.3 Å². The molecule has 1 aromatic rings. The summed E-state index contributed by atoms with van der Waals surface area (Å²) in [6.07, 6.45) is 0.204. The number of hydrogen-bond acceptors (Lipinski definition) is 4. The average molecular weight is 278 g/mol. The number of hydrogen-bond donors (Lipinski definition) is 1. The third kappa shape index (κ3) is 4.51. The number of rotatable bonds is 5. The molecule has 1 heterocycles. The molecular weight excluding hydrogens is 256 g/mol. The second-order valence-corrected chi connectivity index (χ2v) is 5.04. The van der Waals surface area contributed by atoms with Gasteiger partial charge in [0.25, 0.3) is 0 Å². The van der Waals surface area contributed by atoms with Gasteiger partial charge in [-0.15, -0.1) is 0 Å². The first kappa shape index (κ1) is 14.8. The molecule has 0 radical (unpaired) electrons. The number of nitrogens with zero attached hydrogens (tertiary/aromatic N) is 1.